The van der Waals surface area contributed by atoms with Gasteiger partial charge in [-0.3, -0.25) is 0 Å². The van der Waals surface area contributed by atoms with E-state index in [0.29, 0.717) is 12.1 Å². The minimum Gasteiger partial charge on any atom is -0.358 e. The Balaban J connectivity index is 2.31. The lowest BCUT2D eigenvalue weighted by Crippen LogP contribution is -2.31. The fourth-order valence-electron chi connectivity index (χ4n) is 2.30. The molecule has 1 aromatic carbocycles. The van der Waals surface area contributed by atoms with Gasteiger partial charge in [0.15, 0.2) is 0 Å². The molecule has 12 heteroatoms. The van der Waals surface area contributed by atoms with E-state index in [9.17, 15) is 26.3 Å². The molecule has 1 N–H and O–H groups in total. The van der Waals surface area contributed by atoms with E-state index in [0.717, 1.165) is 10.8 Å². The number of hydrogen-bond donors (Lipinski definition) is 1. The van der Waals surface area contributed by atoms with E-state index in [2.05, 4.69) is 20.4 Å². The van der Waals surface area contributed by atoms with Crippen molar-refractivity contribution in [1.82, 2.24) is 19.6 Å². The molecule has 0 radical (unpaired) electrons. The SMILES string of the molecule is FCC(Nc1c(-c2c(F)cc(F)cc2F)c(Cl)nc2ncnn12)C(F)F. The topological polar surface area (TPSA) is 55.1 Å². The molecule has 1 unspecified atom stereocenters. The monoisotopic (exact) mass is 395 g/mol. The lowest BCUT2D eigenvalue weighted by molar-refractivity contribution is 0.112. The fourth-order valence-corrected chi connectivity index (χ4v) is 2.56. The van der Waals surface area contributed by atoms with Gasteiger partial charge in [0.2, 0.25) is 0 Å². The molecule has 3 aromatic rings. The van der Waals surface area contributed by atoms with Crippen molar-refractivity contribution in [2.75, 3.05) is 12.0 Å². The largest absolute Gasteiger partial charge is 0.358 e. The molecule has 138 valence electrons. The minimum atomic E-state index is -3.15. The van der Waals surface area contributed by atoms with Crippen molar-refractivity contribution in [2.24, 2.45) is 0 Å². The summed E-state index contributed by atoms with van der Waals surface area (Å²) in [6.07, 6.45) is -2.17. The molecule has 0 aliphatic carbocycles. The van der Waals surface area contributed by atoms with Crippen LogP contribution in [0.2, 0.25) is 5.15 Å². The van der Waals surface area contributed by atoms with Crippen molar-refractivity contribution in [1.29, 1.82) is 0 Å². The van der Waals surface area contributed by atoms with Crippen molar-refractivity contribution in [3.8, 4) is 11.1 Å². The molecular formula is C14H8ClF6N5. The number of aromatic nitrogens is 4. The Bertz CT molecular complexity index is 939. The quantitative estimate of drug-likeness (QED) is 0.526. The molecule has 0 saturated heterocycles. The maximum atomic E-state index is 14.2. The maximum absolute atomic E-state index is 14.2. The lowest BCUT2D eigenvalue weighted by atomic mass is 10.1. The fraction of sp³-hybridized carbons (Fsp3) is 0.214. The Morgan fingerprint density at radius 1 is 1.12 bits per heavy atom. The lowest BCUT2D eigenvalue weighted by Gasteiger charge is -2.20. The average Bonchev–Trinajstić information content (AvgIpc) is 3.00. The molecule has 2 aromatic heterocycles. The summed E-state index contributed by atoms with van der Waals surface area (Å²) < 4.78 is 81.3. The second-order valence-electron chi connectivity index (χ2n) is 5.08. The molecule has 2 heterocycles. The van der Waals surface area contributed by atoms with Gasteiger partial charge in [0.05, 0.1) is 11.1 Å². The first kappa shape index (κ1) is 18.2. The highest BCUT2D eigenvalue weighted by Gasteiger charge is 2.28. The number of fused-ring (bicyclic) bond motifs is 1. The second-order valence-corrected chi connectivity index (χ2v) is 5.44. The molecule has 5 nitrogen and oxygen atoms in total. The summed E-state index contributed by atoms with van der Waals surface area (Å²) in [6, 6.07) is -1.26. The smallest absolute Gasteiger partial charge is 0.260 e. The Morgan fingerprint density at radius 2 is 1.77 bits per heavy atom. The van der Waals surface area contributed by atoms with Gasteiger partial charge >= 0.3 is 0 Å². The first-order valence-corrected chi connectivity index (χ1v) is 7.36. The first-order valence-electron chi connectivity index (χ1n) is 6.98. The summed E-state index contributed by atoms with van der Waals surface area (Å²) in [7, 11) is 0. The van der Waals surface area contributed by atoms with Gasteiger partial charge in [-0.05, 0) is 0 Å². The number of rotatable bonds is 5. The third-order valence-corrected chi connectivity index (χ3v) is 3.71. The molecular weight excluding hydrogens is 388 g/mol. The number of nitrogens with zero attached hydrogens (tertiary/aromatic N) is 4. The maximum Gasteiger partial charge on any atom is 0.260 e. The van der Waals surface area contributed by atoms with Crippen LogP contribution in [-0.2, 0) is 0 Å². The van der Waals surface area contributed by atoms with E-state index in [1.54, 1.807) is 0 Å². The molecule has 0 aliphatic heterocycles. The van der Waals surface area contributed by atoms with Gasteiger partial charge in [-0.2, -0.15) is 19.6 Å². The molecule has 3 rings (SSSR count). The van der Waals surface area contributed by atoms with Crippen LogP contribution in [0.1, 0.15) is 0 Å². The zero-order valence-electron chi connectivity index (χ0n) is 12.5. The van der Waals surface area contributed by atoms with Crippen LogP contribution in [0.3, 0.4) is 0 Å². The standard InChI is InChI=1S/C14H8ClF6N5/c15-11-10(9-6(18)1-5(17)2-7(9)19)13(24-8(3-16)12(20)21)26-14(25-11)22-4-23-26/h1-2,4,8,12,24H,3H2. The van der Waals surface area contributed by atoms with Crippen LogP contribution in [0.25, 0.3) is 16.9 Å². The van der Waals surface area contributed by atoms with E-state index < -0.39 is 58.7 Å². The summed E-state index contributed by atoms with van der Waals surface area (Å²) in [5, 5.41) is 5.30. The van der Waals surface area contributed by atoms with Gasteiger partial charge in [0.1, 0.15) is 47.5 Å². The average molecular weight is 396 g/mol. The van der Waals surface area contributed by atoms with Crippen molar-refractivity contribution < 1.29 is 26.3 Å². The van der Waals surface area contributed by atoms with Gasteiger partial charge in [-0.15, -0.1) is 0 Å². The number of nitrogens with one attached hydrogen (secondary N) is 1. The molecule has 0 bridgehead atoms. The van der Waals surface area contributed by atoms with Crippen LogP contribution < -0.4 is 5.32 Å². The van der Waals surface area contributed by atoms with Crippen LogP contribution >= 0.6 is 11.6 Å². The van der Waals surface area contributed by atoms with Gasteiger partial charge in [0.25, 0.3) is 12.2 Å². The van der Waals surface area contributed by atoms with Crippen molar-refractivity contribution >= 4 is 23.2 Å². The molecule has 0 aliphatic rings. The second kappa shape index (κ2) is 6.98. The summed E-state index contributed by atoms with van der Waals surface area (Å²) >= 11 is 5.95. The van der Waals surface area contributed by atoms with Crippen LogP contribution in [0.15, 0.2) is 18.5 Å². The van der Waals surface area contributed by atoms with Crippen molar-refractivity contribution in [3.05, 3.63) is 41.1 Å². The highest BCUT2D eigenvalue weighted by molar-refractivity contribution is 6.33. The first-order chi connectivity index (χ1) is 12.3. The number of anilines is 1. The highest BCUT2D eigenvalue weighted by atomic mass is 35.5. The predicted octanol–water partition coefficient (Wildman–Crippen LogP) is 3.88. The molecule has 0 saturated carbocycles. The number of alkyl halides is 3. The number of hydrogen-bond acceptors (Lipinski definition) is 4. The summed E-state index contributed by atoms with van der Waals surface area (Å²) in [5.41, 5.74) is -1.37. The van der Waals surface area contributed by atoms with Gasteiger partial charge in [0, 0.05) is 12.1 Å². The zero-order valence-corrected chi connectivity index (χ0v) is 13.3. The molecule has 1 atom stereocenters. The van der Waals surface area contributed by atoms with E-state index in [4.69, 9.17) is 11.6 Å². The van der Waals surface area contributed by atoms with Crippen molar-refractivity contribution in [3.63, 3.8) is 0 Å². The summed E-state index contributed by atoms with van der Waals surface area (Å²) in [6.45, 7) is -1.50. The summed E-state index contributed by atoms with van der Waals surface area (Å²) in [4.78, 5) is 7.46. The van der Waals surface area contributed by atoms with E-state index in [1.165, 1.54) is 0 Å². The Hall–Kier alpha value is -2.56. The Labute approximate surface area is 146 Å². The van der Waals surface area contributed by atoms with Crippen LogP contribution in [-0.4, -0.2) is 38.7 Å². The highest BCUT2D eigenvalue weighted by Crippen LogP contribution is 2.38. The zero-order chi connectivity index (χ0) is 19.0. The van der Waals surface area contributed by atoms with E-state index in [1.807, 2.05) is 0 Å². The number of halogens is 7. The van der Waals surface area contributed by atoms with Crippen molar-refractivity contribution in [2.45, 2.75) is 12.5 Å². The Kier molecular flexibility index (Phi) is 4.90. The molecule has 0 amide bonds. The molecule has 0 fully saturated rings. The predicted molar refractivity (Wildman–Crippen MR) is 80.5 cm³/mol. The van der Waals surface area contributed by atoms with Gasteiger partial charge in [-0.1, -0.05) is 11.6 Å². The van der Waals surface area contributed by atoms with Crippen LogP contribution in [0.5, 0.6) is 0 Å². The normalized spacial score (nSPS) is 12.8. The summed E-state index contributed by atoms with van der Waals surface area (Å²) in [5.74, 6) is -4.57. The third-order valence-electron chi connectivity index (χ3n) is 3.43. The molecule has 26 heavy (non-hydrogen) atoms. The number of benzene rings is 1. The Morgan fingerprint density at radius 3 is 2.35 bits per heavy atom. The molecule has 0 spiro atoms. The third kappa shape index (κ3) is 3.14. The van der Waals surface area contributed by atoms with Gasteiger partial charge < -0.3 is 5.32 Å². The van der Waals surface area contributed by atoms with E-state index >= 15 is 0 Å². The van der Waals surface area contributed by atoms with Crippen LogP contribution in [0.4, 0.5) is 32.2 Å². The van der Waals surface area contributed by atoms with E-state index in [-0.39, 0.29) is 5.78 Å². The van der Waals surface area contributed by atoms with Crippen LogP contribution in [0, 0.1) is 17.5 Å². The van der Waals surface area contributed by atoms with Gasteiger partial charge in [-0.25, -0.2) is 26.3 Å². The minimum absolute atomic E-state index is 0.184.